The average Bonchev–Trinajstić information content (AvgIpc) is 2.55. The van der Waals surface area contributed by atoms with Crippen LogP contribution in [0.2, 0.25) is 0 Å². The average molecular weight is 203 g/mol. The molecule has 0 amide bonds. The van der Waals surface area contributed by atoms with Crippen LogP contribution in [0.25, 0.3) is 11.0 Å². The number of furan rings is 1. The fourth-order valence-corrected chi connectivity index (χ4v) is 2.07. The van der Waals surface area contributed by atoms with Gasteiger partial charge in [-0.15, -0.1) is 0 Å². The number of rotatable bonds is 2. The number of fused-ring (bicyclic) bond motifs is 1. The highest BCUT2D eigenvalue weighted by Crippen LogP contribution is 2.32. The van der Waals surface area contributed by atoms with Crippen LogP contribution in [0.5, 0.6) is 0 Å². The minimum absolute atomic E-state index is 0.451. The van der Waals surface area contributed by atoms with E-state index in [4.69, 9.17) is 10.2 Å². The smallest absolute Gasteiger partial charge is 0.134 e. The van der Waals surface area contributed by atoms with Crippen molar-refractivity contribution in [1.82, 2.24) is 0 Å². The number of benzene rings is 1. The zero-order valence-corrected chi connectivity index (χ0v) is 9.50. The fraction of sp³-hybridized carbons (Fsp3) is 0.385. The molecule has 0 bridgehead atoms. The third-order valence-corrected chi connectivity index (χ3v) is 2.72. The third-order valence-electron chi connectivity index (χ3n) is 2.72. The molecule has 80 valence electrons. The van der Waals surface area contributed by atoms with Crippen LogP contribution in [0.4, 0.5) is 0 Å². The van der Waals surface area contributed by atoms with E-state index in [9.17, 15) is 0 Å². The van der Waals surface area contributed by atoms with Crippen LogP contribution in [0.15, 0.2) is 22.6 Å². The molecule has 2 N–H and O–H groups in total. The standard InChI is InChI=1S/C13H17NO/c1-8(2)13-10-6-9(3)4-5-11(10)15-12(13)7-14/h4-6,8H,7,14H2,1-3H3. The minimum Gasteiger partial charge on any atom is -0.459 e. The summed E-state index contributed by atoms with van der Waals surface area (Å²) < 4.78 is 5.74. The molecule has 0 aliphatic carbocycles. The molecule has 15 heavy (non-hydrogen) atoms. The molecular formula is C13H17NO. The lowest BCUT2D eigenvalue weighted by molar-refractivity contribution is 0.541. The lowest BCUT2D eigenvalue weighted by Crippen LogP contribution is -1.99. The Balaban J connectivity index is 2.76. The molecule has 1 aromatic carbocycles. The second-order valence-corrected chi connectivity index (χ2v) is 4.30. The van der Waals surface area contributed by atoms with Crippen LogP contribution in [0, 0.1) is 6.92 Å². The highest BCUT2D eigenvalue weighted by molar-refractivity contribution is 5.83. The van der Waals surface area contributed by atoms with Crippen molar-refractivity contribution in [3.8, 4) is 0 Å². The summed E-state index contributed by atoms with van der Waals surface area (Å²) in [5.41, 5.74) is 9.16. The predicted octanol–water partition coefficient (Wildman–Crippen LogP) is 3.32. The molecule has 2 aromatic rings. The van der Waals surface area contributed by atoms with Gasteiger partial charge in [0.25, 0.3) is 0 Å². The van der Waals surface area contributed by atoms with Gasteiger partial charge in [0.15, 0.2) is 0 Å². The van der Waals surface area contributed by atoms with Gasteiger partial charge >= 0.3 is 0 Å². The normalized spacial score (nSPS) is 11.5. The fourth-order valence-electron chi connectivity index (χ4n) is 2.07. The van der Waals surface area contributed by atoms with Crippen molar-refractivity contribution in [2.75, 3.05) is 0 Å². The van der Waals surface area contributed by atoms with Crippen LogP contribution < -0.4 is 5.73 Å². The second kappa shape index (κ2) is 3.70. The number of nitrogens with two attached hydrogens (primary N) is 1. The summed E-state index contributed by atoms with van der Waals surface area (Å²) in [5, 5.41) is 1.21. The molecule has 0 spiro atoms. The summed E-state index contributed by atoms with van der Waals surface area (Å²) in [6.45, 7) is 6.91. The van der Waals surface area contributed by atoms with E-state index in [-0.39, 0.29) is 0 Å². The summed E-state index contributed by atoms with van der Waals surface area (Å²) in [5.74, 6) is 1.37. The van der Waals surface area contributed by atoms with Gasteiger partial charge < -0.3 is 10.2 Å². The van der Waals surface area contributed by atoms with Crippen molar-refractivity contribution < 1.29 is 4.42 Å². The molecule has 1 aromatic heterocycles. The highest BCUT2D eigenvalue weighted by Gasteiger charge is 2.15. The molecule has 0 atom stereocenters. The van der Waals surface area contributed by atoms with Gasteiger partial charge in [0.2, 0.25) is 0 Å². The zero-order chi connectivity index (χ0) is 11.0. The Morgan fingerprint density at radius 3 is 2.67 bits per heavy atom. The maximum atomic E-state index is 5.74. The molecule has 0 unspecified atom stereocenters. The van der Waals surface area contributed by atoms with Gasteiger partial charge in [0, 0.05) is 10.9 Å². The van der Waals surface area contributed by atoms with Crippen molar-refractivity contribution in [3.05, 3.63) is 35.1 Å². The lowest BCUT2D eigenvalue weighted by Gasteiger charge is -2.04. The van der Waals surface area contributed by atoms with Gasteiger partial charge in [-0.2, -0.15) is 0 Å². The van der Waals surface area contributed by atoms with Gasteiger partial charge in [0.05, 0.1) is 6.54 Å². The maximum Gasteiger partial charge on any atom is 0.134 e. The molecule has 2 nitrogen and oxygen atoms in total. The largest absolute Gasteiger partial charge is 0.459 e. The van der Waals surface area contributed by atoms with Crippen LogP contribution in [-0.2, 0) is 6.54 Å². The van der Waals surface area contributed by atoms with E-state index in [0.717, 1.165) is 11.3 Å². The Morgan fingerprint density at radius 1 is 1.33 bits per heavy atom. The van der Waals surface area contributed by atoms with Crippen molar-refractivity contribution >= 4 is 11.0 Å². The van der Waals surface area contributed by atoms with Crippen molar-refractivity contribution in [2.24, 2.45) is 5.73 Å². The molecule has 2 heteroatoms. The number of hydrogen-bond donors (Lipinski definition) is 1. The van der Waals surface area contributed by atoms with E-state index in [2.05, 4.69) is 32.9 Å². The summed E-state index contributed by atoms with van der Waals surface area (Å²) in [6, 6.07) is 6.26. The summed E-state index contributed by atoms with van der Waals surface area (Å²) in [6.07, 6.45) is 0. The Bertz CT molecular complexity index is 482. The Hall–Kier alpha value is -1.28. The summed E-state index contributed by atoms with van der Waals surface area (Å²) >= 11 is 0. The van der Waals surface area contributed by atoms with Crippen LogP contribution in [0.1, 0.15) is 36.7 Å². The Kier molecular flexibility index (Phi) is 2.53. The molecule has 0 aliphatic heterocycles. The molecule has 2 rings (SSSR count). The quantitative estimate of drug-likeness (QED) is 0.813. The molecule has 1 heterocycles. The van der Waals surface area contributed by atoms with E-state index in [1.54, 1.807) is 0 Å². The zero-order valence-electron chi connectivity index (χ0n) is 9.50. The topological polar surface area (TPSA) is 39.2 Å². The van der Waals surface area contributed by atoms with Crippen LogP contribution in [0.3, 0.4) is 0 Å². The van der Waals surface area contributed by atoms with Gasteiger partial charge in [-0.1, -0.05) is 25.5 Å². The van der Waals surface area contributed by atoms with Gasteiger partial charge in [-0.25, -0.2) is 0 Å². The SMILES string of the molecule is Cc1ccc2oc(CN)c(C(C)C)c2c1. The molecule has 0 saturated heterocycles. The second-order valence-electron chi connectivity index (χ2n) is 4.30. The first-order chi connectivity index (χ1) is 7.13. The highest BCUT2D eigenvalue weighted by atomic mass is 16.3. The summed E-state index contributed by atoms with van der Waals surface area (Å²) in [4.78, 5) is 0. The van der Waals surface area contributed by atoms with E-state index in [1.165, 1.54) is 16.5 Å². The summed E-state index contributed by atoms with van der Waals surface area (Å²) in [7, 11) is 0. The van der Waals surface area contributed by atoms with Gasteiger partial charge in [0.1, 0.15) is 11.3 Å². The van der Waals surface area contributed by atoms with Gasteiger partial charge in [-0.3, -0.25) is 0 Å². The third kappa shape index (κ3) is 1.65. The van der Waals surface area contributed by atoms with Crippen LogP contribution >= 0.6 is 0 Å². The van der Waals surface area contributed by atoms with Gasteiger partial charge in [-0.05, 0) is 25.0 Å². The number of aryl methyl sites for hydroxylation is 1. The van der Waals surface area contributed by atoms with Crippen LogP contribution in [-0.4, -0.2) is 0 Å². The molecule has 0 fully saturated rings. The molecule has 0 saturated carbocycles. The first-order valence-corrected chi connectivity index (χ1v) is 5.35. The number of hydrogen-bond acceptors (Lipinski definition) is 2. The van der Waals surface area contributed by atoms with Crippen molar-refractivity contribution in [2.45, 2.75) is 33.2 Å². The molecule has 0 aliphatic rings. The van der Waals surface area contributed by atoms with E-state index in [1.807, 2.05) is 6.07 Å². The first kappa shape index (κ1) is 10.2. The van der Waals surface area contributed by atoms with E-state index >= 15 is 0 Å². The van der Waals surface area contributed by atoms with Crippen molar-refractivity contribution in [3.63, 3.8) is 0 Å². The Morgan fingerprint density at radius 2 is 2.07 bits per heavy atom. The predicted molar refractivity (Wildman–Crippen MR) is 62.9 cm³/mol. The van der Waals surface area contributed by atoms with Crippen molar-refractivity contribution in [1.29, 1.82) is 0 Å². The lowest BCUT2D eigenvalue weighted by atomic mass is 9.98. The minimum atomic E-state index is 0.451. The Labute approximate surface area is 90.1 Å². The monoisotopic (exact) mass is 203 g/mol. The molecule has 0 radical (unpaired) electrons. The molecular weight excluding hydrogens is 186 g/mol. The maximum absolute atomic E-state index is 5.74. The first-order valence-electron chi connectivity index (χ1n) is 5.35. The van der Waals surface area contributed by atoms with E-state index < -0.39 is 0 Å². The van der Waals surface area contributed by atoms with E-state index in [0.29, 0.717) is 12.5 Å².